The fraction of sp³-hybridized carbons (Fsp3) is 0.105. The van der Waals surface area contributed by atoms with Crippen LogP contribution < -0.4 is 0 Å². The van der Waals surface area contributed by atoms with Crippen molar-refractivity contribution in [1.82, 2.24) is 14.9 Å². The Morgan fingerprint density at radius 2 is 1.92 bits per heavy atom. The van der Waals surface area contributed by atoms with Gasteiger partial charge < -0.3 is 9.32 Å². The maximum Gasteiger partial charge on any atom is 0.247 e. The molecule has 1 amide bonds. The van der Waals surface area contributed by atoms with E-state index >= 15 is 0 Å². The van der Waals surface area contributed by atoms with Crippen molar-refractivity contribution in [2.24, 2.45) is 0 Å². The molecule has 0 fully saturated rings. The van der Waals surface area contributed by atoms with Crippen LogP contribution in [0.3, 0.4) is 0 Å². The Morgan fingerprint density at radius 1 is 1.04 bits per heavy atom. The van der Waals surface area contributed by atoms with E-state index in [9.17, 15) is 4.79 Å². The van der Waals surface area contributed by atoms with Gasteiger partial charge in [-0.05, 0) is 47.5 Å². The predicted octanol–water partition coefficient (Wildman–Crippen LogP) is 3.31. The van der Waals surface area contributed by atoms with Crippen LogP contribution in [-0.2, 0) is 17.9 Å². The van der Waals surface area contributed by atoms with E-state index in [1.165, 1.54) is 0 Å². The molecular weight excluding hydrogens is 302 g/mol. The highest BCUT2D eigenvalue weighted by Gasteiger charge is 2.13. The summed E-state index contributed by atoms with van der Waals surface area (Å²) in [6.45, 7) is 0.871. The highest BCUT2D eigenvalue weighted by atomic mass is 16.3. The number of amides is 1. The zero-order chi connectivity index (χ0) is 16.6. The molecule has 0 aliphatic heterocycles. The molecular formula is C19H17N3O2. The van der Waals surface area contributed by atoms with Crippen LogP contribution in [0.25, 0.3) is 6.08 Å². The van der Waals surface area contributed by atoms with E-state index in [1.54, 1.807) is 48.1 Å². The smallest absolute Gasteiger partial charge is 0.247 e. The van der Waals surface area contributed by atoms with Gasteiger partial charge >= 0.3 is 0 Å². The van der Waals surface area contributed by atoms with Crippen molar-refractivity contribution in [3.05, 3.63) is 90.4 Å². The predicted molar refractivity (Wildman–Crippen MR) is 90.5 cm³/mol. The topological polar surface area (TPSA) is 59.2 Å². The van der Waals surface area contributed by atoms with Crippen LogP contribution in [0.1, 0.15) is 16.9 Å². The monoisotopic (exact) mass is 319 g/mol. The van der Waals surface area contributed by atoms with Gasteiger partial charge in [0.15, 0.2) is 0 Å². The zero-order valence-corrected chi connectivity index (χ0v) is 13.1. The van der Waals surface area contributed by atoms with Gasteiger partial charge in [0.2, 0.25) is 5.91 Å². The summed E-state index contributed by atoms with van der Waals surface area (Å²) in [6, 6.07) is 11.2. The third-order valence-corrected chi connectivity index (χ3v) is 3.46. The van der Waals surface area contributed by atoms with Crippen LogP contribution in [0, 0.1) is 0 Å². The fourth-order valence-electron chi connectivity index (χ4n) is 2.26. The fourth-order valence-corrected chi connectivity index (χ4v) is 2.26. The number of furan rings is 1. The summed E-state index contributed by atoms with van der Waals surface area (Å²) >= 11 is 0. The highest BCUT2D eigenvalue weighted by Crippen LogP contribution is 2.11. The molecule has 5 nitrogen and oxygen atoms in total. The molecule has 0 aromatic carbocycles. The second-order valence-electron chi connectivity index (χ2n) is 5.25. The summed E-state index contributed by atoms with van der Waals surface area (Å²) in [5.41, 5.74) is 1.90. The molecule has 120 valence electrons. The zero-order valence-electron chi connectivity index (χ0n) is 13.1. The lowest BCUT2D eigenvalue weighted by Crippen LogP contribution is -2.28. The number of hydrogen-bond donors (Lipinski definition) is 0. The Labute approximate surface area is 140 Å². The van der Waals surface area contributed by atoms with Crippen LogP contribution in [-0.4, -0.2) is 20.8 Å². The van der Waals surface area contributed by atoms with E-state index in [2.05, 4.69) is 9.97 Å². The quantitative estimate of drug-likeness (QED) is 0.654. The summed E-state index contributed by atoms with van der Waals surface area (Å²) in [6.07, 6.45) is 11.8. The molecule has 0 bridgehead atoms. The third kappa shape index (κ3) is 4.39. The van der Waals surface area contributed by atoms with Gasteiger partial charge in [-0.15, -0.1) is 0 Å². The first-order chi connectivity index (χ1) is 11.8. The summed E-state index contributed by atoms with van der Waals surface area (Å²) in [5.74, 6) is 0.650. The number of pyridine rings is 2. The van der Waals surface area contributed by atoms with Crippen LogP contribution in [0.15, 0.2) is 77.9 Å². The first-order valence-electron chi connectivity index (χ1n) is 7.59. The van der Waals surface area contributed by atoms with Gasteiger partial charge in [0.25, 0.3) is 0 Å². The highest BCUT2D eigenvalue weighted by molar-refractivity contribution is 5.91. The third-order valence-electron chi connectivity index (χ3n) is 3.46. The molecule has 0 spiro atoms. The molecule has 5 heteroatoms. The Hall–Kier alpha value is -3.21. The number of hydrogen-bond acceptors (Lipinski definition) is 4. The molecule has 0 aliphatic carbocycles. The summed E-state index contributed by atoms with van der Waals surface area (Å²) < 4.78 is 5.37. The number of carbonyl (C=O) groups excluding carboxylic acids is 1. The van der Waals surface area contributed by atoms with Crippen LogP contribution >= 0.6 is 0 Å². The van der Waals surface area contributed by atoms with Crippen molar-refractivity contribution < 1.29 is 9.21 Å². The summed E-state index contributed by atoms with van der Waals surface area (Å²) in [7, 11) is 0. The van der Waals surface area contributed by atoms with E-state index in [0.717, 1.165) is 16.9 Å². The molecule has 0 atom stereocenters. The van der Waals surface area contributed by atoms with E-state index in [1.807, 2.05) is 36.4 Å². The Morgan fingerprint density at radius 3 is 2.62 bits per heavy atom. The van der Waals surface area contributed by atoms with E-state index in [-0.39, 0.29) is 5.91 Å². The van der Waals surface area contributed by atoms with Crippen molar-refractivity contribution in [3.8, 4) is 0 Å². The molecule has 3 heterocycles. The molecule has 0 saturated heterocycles. The molecule has 0 saturated carbocycles. The van der Waals surface area contributed by atoms with Crippen molar-refractivity contribution >= 4 is 12.0 Å². The van der Waals surface area contributed by atoms with Gasteiger partial charge in [0.05, 0.1) is 12.8 Å². The second-order valence-corrected chi connectivity index (χ2v) is 5.25. The first-order valence-corrected chi connectivity index (χ1v) is 7.59. The first kappa shape index (κ1) is 15.7. The van der Waals surface area contributed by atoms with Crippen LogP contribution in [0.5, 0.6) is 0 Å². The number of nitrogens with zero attached hydrogens (tertiary/aromatic N) is 3. The van der Waals surface area contributed by atoms with Crippen LogP contribution in [0.2, 0.25) is 0 Å². The molecule has 0 unspecified atom stereocenters. The molecule has 3 aromatic rings. The Bertz CT molecular complexity index is 784. The number of aromatic nitrogens is 2. The lowest BCUT2D eigenvalue weighted by Gasteiger charge is -2.20. The number of carbonyl (C=O) groups is 1. The molecule has 0 radical (unpaired) electrons. The van der Waals surface area contributed by atoms with Gasteiger partial charge in [0, 0.05) is 37.4 Å². The van der Waals surface area contributed by atoms with Gasteiger partial charge in [-0.25, -0.2) is 0 Å². The lowest BCUT2D eigenvalue weighted by molar-refractivity contribution is -0.127. The second kappa shape index (κ2) is 7.87. The van der Waals surface area contributed by atoms with Crippen LogP contribution in [0.4, 0.5) is 0 Å². The summed E-state index contributed by atoms with van der Waals surface area (Å²) in [5, 5.41) is 0. The molecule has 3 aromatic heterocycles. The summed E-state index contributed by atoms with van der Waals surface area (Å²) in [4.78, 5) is 22.4. The van der Waals surface area contributed by atoms with E-state index in [0.29, 0.717) is 13.1 Å². The van der Waals surface area contributed by atoms with Crippen molar-refractivity contribution in [3.63, 3.8) is 0 Å². The number of rotatable bonds is 6. The van der Waals surface area contributed by atoms with E-state index in [4.69, 9.17) is 4.42 Å². The minimum atomic E-state index is -0.0907. The Balaban J connectivity index is 1.75. The molecule has 3 rings (SSSR count). The van der Waals surface area contributed by atoms with Gasteiger partial charge in [-0.3, -0.25) is 14.8 Å². The van der Waals surface area contributed by atoms with Gasteiger partial charge in [-0.1, -0.05) is 6.07 Å². The maximum absolute atomic E-state index is 12.6. The minimum Gasteiger partial charge on any atom is -0.467 e. The van der Waals surface area contributed by atoms with Gasteiger partial charge in [-0.2, -0.15) is 0 Å². The van der Waals surface area contributed by atoms with Crippen molar-refractivity contribution in [2.75, 3.05) is 0 Å². The molecule has 0 aliphatic rings. The standard InChI is InChI=1S/C19H17N3O2/c23-19(6-5-16-7-10-20-11-8-16)22(15-18-4-2-12-24-18)14-17-3-1-9-21-13-17/h1-13H,14-15H2. The molecule has 0 N–H and O–H groups in total. The average molecular weight is 319 g/mol. The molecule has 24 heavy (non-hydrogen) atoms. The van der Waals surface area contributed by atoms with E-state index < -0.39 is 0 Å². The average Bonchev–Trinajstić information content (AvgIpc) is 3.14. The maximum atomic E-state index is 12.6. The van der Waals surface area contributed by atoms with Crippen molar-refractivity contribution in [2.45, 2.75) is 13.1 Å². The normalized spacial score (nSPS) is 10.8. The van der Waals surface area contributed by atoms with Crippen molar-refractivity contribution in [1.29, 1.82) is 0 Å². The minimum absolute atomic E-state index is 0.0907. The largest absolute Gasteiger partial charge is 0.467 e. The lowest BCUT2D eigenvalue weighted by atomic mass is 10.2. The Kier molecular flexibility index (Phi) is 5.14. The van der Waals surface area contributed by atoms with Gasteiger partial charge in [0.1, 0.15) is 5.76 Å². The SMILES string of the molecule is O=C(C=Cc1ccncc1)N(Cc1cccnc1)Cc1ccco1.